The summed E-state index contributed by atoms with van der Waals surface area (Å²) in [5.74, 6) is 1.43. The smallest absolute Gasteiger partial charge is 0.193 e. The van der Waals surface area contributed by atoms with Crippen molar-refractivity contribution in [2.45, 2.75) is 25.0 Å². The van der Waals surface area contributed by atoms with Gasteiger partial charge in [0.15, 0.2) is 5.96 Å². The van der Waals surface area contributed by atoms with Gasteiger partial charge in [-0.05, 0) is 25.0 Å². The van der Waals surface area contributed by atoms with Crippen LogP contribution in [0.5, 0.6) is 5.75 Å². The van der Waals surface area contributed by atoms with Gasteiger partial charge >= 0.3 is 0 Å². The van der Waals surface area contributed by atoms with Gasteiger partial charge in [0.05, 0.1) is 24.3 Å². The molecule has 2 aliphatic heterocycles. The monoisotopic (exact) mass is 529 g/mol. The fraction of sp³-hybridized carbons (Fsp3) is 0.611. The molecule has 0 aromatic heterocycles. The Morgan fingerprint density at radius 1 is 1.30 bits per heavy atom. The highest BCUT2D eigenvalue weighted by atomic mass is 127. The van der Waals surface area contributed by atoms with Gasteiger partial charge in [-0.1, -0.05) is 29.3 Å². The first-order valence-electron chi connectivity index (χ1n) is 8.94. The average molecular weight is 530 g/mol. The van der Waals surface area contributed by atoms with Crippen LogP contribution in [-0.4, -0.2) is 69.6 Å². The summed E-state index contributed by atoms with van der Waals surface area (Å²) in [6, 6.07) is 5.35. The van der Waals surface area contributed by atoms with E-state index in [0.29, 0.717) is 35.6 Å². The van der Waals surface area contributed by atoms with Gasteiger partial charge < -0.3 is 24.4 Å². The highest BCUT2D eigenvalue weighted by Gasteiger charge is 2.32. The molecule has 6 nitrogen and oxygen atoms in total. The fourth-order valence-electron chi connectivity index (χ4n) is 3.24. The van der Waals surface area contributed by atoms with Crippen molar-refractivity contribution in [1.82, 2.24) is 10.2 Å². The molecular weight excluding hydrogens is 504 g/mol. The molecule has 2 atom stereocenters. The van der Waals surface area contributed by atoms with Crippen molar-refractivity contribution in [3.63, 3.8) is 0 Å². The Hall–Kier alpha value is -0.480. The number of morpholine rings is 1. The molecule has 2 heterocycles. The minimum absolute atomic E-state index is 0. The summed E-state index contributed by atoms with van der Waals surface area (Å²) in [5.41, 5.74) is 0. The van der Waals surface area contributed by atoms with Crippen LogP contribution in [0.3, 0.4) is 0 Å². The van der Waals surface area contributed by atoms with Gasteiger partial charge in [0.2, 0.25) is 0 Å². The van der Waals surface area contributed by atoms with E-state index < -0.39 is 0 Å². The van der Waals surface area contributed by atoms with Crippen molar-refractivity contribution in [1.29, 1.82) is 0 Å². The number of rotatable bonds is 5. The van der Waals surface area contributed by atoms with E-state index in [1.54, 1.807) is 19.2 Å². The third-order valence-corrected chi connectivity index (χ3v) is 5.34. The van der Waals surface area contributed by atoms with Gasteiger partial charge in [-0.3, -0.25) is 4.99 Å². The van der Waals surface area contributed by atoms with Crippen LogP contribution in [0.15, 0.2) is 23.2 Å². The normalized spacial score (nSPS) is 23.1. The molecule has 2 fully saturated rings. The van der Waals surface area contributed by atoms with Crippen LogP contribution in [0.25, 0.3) is 0 Å². The van der Waals surface area contributed by atoms with Crippen molar-refractivity contribution in [2.24, 2.45) is 4.99 Å². The van der Waals surface area contributed by atoms with Crippen LogP contribution in [0.4, 0.5) is 0 Å². The third-order valence-electron chi connectivity index (χ3n) is 4.54. The first-order valence-corrected chi connectivity index (χ1v) is 9.70. The molecule has 0 spiro atoms. The molecule has 152 valence electrons. The van der Waals surface area contributed by atoms with E-state index >= 15 is 0 Å². The lowest BCUT2D eigenvalue weighted by Crippen LogP contribution is -2.53. The molecule has 1 aromatic carbocycles. The first kappa shape index (κ1) is 22.8. The lowest BCUT2D eigenvalue weighted by Gasteiger charge is -2.37. The van der Waals surface area contributed by atoms with E-state index in [-0.39, 0.29) is 36.2 Å². The molecule has 0 radical (unpaired) electrons. The number of aliphatic imine (C=N–C) groups is 1. The molecule has 1 aromatic rings. The molecule has 0 aliphatic carbocycles. The van der Waals surface area contributed by atoms with E-state index in [1.165, 1.54) is 0 Å². The SMILES string of the molecule is CN=C(NCCOc1cccc(Cl)c1Cl)N1CCOC(C2CCCO2)C1.I. The van der Waals surface area contributed by atoms with Crippen LogP contribution in [0.2, 0.25) is 10.0 Å². The standard InChI is InChI=1S/C18H25Cl2N3O3.HI/c1-21-18(22-7-10-25-15-5-2-4-13(19)17(15)20)23-8-11-26-16(12-23)14-6-3-9-24-14;/h2,4-5,14,16H,3,6-12H2,1H3,(H,21,22);1H. The molecular formula is C18H26Cl2IN3O3. The van der Waals surface area contributed by atoms with Gasteiger partial charge in [-0.25, -0.2) is 0 Å². The van der Waals surface area contributed by atoms with E-state index in [4.69, 9.17) is 37.4 Å². The number of ether oxygens (including phenoxy) is 3. The Bertz CT molecular complexity index is 630. The van der Waals surface area contributed by atoms with Gasteiger partial charge in [-0.15, -0.1) is 24.0 Å². The Morgan fingerprint density at radius 3 is 2.85 bits per heavy atom. The first-order chi connectivity index (χ1) is 12.7. The molecule has 2 saturated heterocycles. The summed E-state index contributed by atoms with van der Waals surface area (Å²) < 4.78 is 17.4. The molecule has 0 saturated carbocycles. The van der Waals surface area contributed by atoms with Crippen molar-refractivity contribution in [3.8, 4) is 5.75 Å². The van der Waals surface area contributed by atoms with Crippen molar-refractivity contribution in [2.75, 3.05) is 46.5 Å². The number of hydrogen-bond acceptors (Lipinski definition) is 4. The molecule has 0 amide bonds. The Morgan fingerprint density at radius 2 is 2.11 bits per heavy atom. The van der Waals surface area contributed by atoms with Gasteiger partial charge in [0, 0.05) is 26.7 Å². The largest absolute Gasteiger partial charge is 0.490 e. The summed E-state index contributed by atoms with van der Waals surface area (Å²) in [4.78, 5) is 6.59. The number of halogens is 3. The Kier molecular flexibility index (Phi) is 9.72. The van der Waals surface area contributed by atoms with Crippen molar-refractivity contribution >= 4 is 53.1 Å². The molecule has 1 N–H and O–H groups in total. The maximum Gasteiger partial charge on any atom is 0.193 e. The summed E-state index contributed by atoms with van der Waals surface area (Å²) in [6.45, 7) is 4.17. The molecule has 9 heteroatoms. The lowest BCUT2D eigenvalue weighted by molar-refractivity contribution is -0.0817. The maximum absolute atomic E-state index is 6.13. The highest BCUT2D eigenvalue weighted by Crippen LogP contribution is 2.31. The second kappa shape index (κ2) is 11.5. The zero-order valence-electron chi connectivity index (χ0n) is 15.3. The predicted molar refractivity (Wildman–Crippen MR) is 119 cm³/mol. The van der Waals surface area contributed by atoms with Gasteiger partial charge in [0.25, 0.3) is 0 Å². The number of benzene rings is 1. The summed E-state index contributed by atoms with van der Waals surface area (Å²) in [5, 5.41) is 4.26. The van der Waals surface area contributed by atoms with E-state index in [2.05, 4.69) is 15.2 Å². The summed E-state index contributed by atoms with van der Waals surface area (Å²) in [7, 11) is 1.79. The number of hydrogen-bond donors (Lipinski definition) is 1. The zero-order valence-corrected chi connectivity index (χ0v) is 19.2. The second-order valence-corrected chi connectivity index (χ2v) is 7.07. The van der Waals surface area contributed by atoms with Crippen LogP contribution in [-0.2, 0) is 9.47 Å². The number of guanidine groups is 1. The molecule has 27 heavy (non-hydrogen) atoms. The molecule has 2 aliphatic rings. The third kappa shape index (κ3) is 6.25. The fourth-order valence-corrected chi connectivity index (χ4v) is 3.59. The second-order valence-electron chi connectivity index (χ2n) is 6.28. The van der Waals surface area contributed by atoms with E-state index in [0.717, 1.165) is 38.5 Å². The predicted octanol–water partition coefficient (Wildman–Crippen LogP) is 3.45. The van der Waals surface area contributed by atoms with Crippen LogP contribution < -0.4 is 10.1 Å². The highest BCUT2D eigenvalue weighted by molar-refractivity contribution is 14.0. The minimum atomic E-state index is 0. The minimum Gasteiger partial charge on any atom is -0.490 e. The Balaban J connectivity index is 0.00000261. The quantitative estimate of drug-likeness (QED) is 0.274. The number of nitrogens with zero attached hydrogens (tertiary/aromatic N) is 2. The molecule has 2 unspecified atom stereocenters. The van der Waals surface area contributed by atoms with Crippen molar-refractivity contribution in [3.05, 3.63) is 28.2 Å². The molecule has 0 bridgehead atoms. The lowest BCUT2D eigenvalue weighted by atomic mass is 10.1. The van der Waals surface area contributed by atoms with Crippen LogP contribution in [0.1, 0.15) is 12.8 Å². The average Bonchev–Trinajstić information content (AvgIpc) is 3.20. The van der Waals surface area contributed by atoms with Gasteiger partial charge in [0.1, 0.15) is 23.5 Å². The summed E-state index contributed by atoms with van der Waals surface area (Å²) in [6.07, 6.45) is 2.48. The Labute approximate surface area is 187 Å². The van der Waals surface area contributed by atoms with E-state index in [1.807, 2.05) is 6.07 Å². The van der Waals surface area contributed by atoms with Crippen LogP contribution >= 0.6 is 47.2 Å². The maximum atomic E-state index is 6.13. The zero-order chi connectivity index (χ0) is 18.4. The topological polar surface area (TPSA) is 55.3 Å². The van der Waals surface area contributed by atoms with E-state index in [9.17, 15) is 0 Å². The summed E-state index contributed by atoms with van der Waals surface area (Å²) >= 11 is 12.1. The van der Waals surface area contributed by atoms with Crippen molar-refractivity contribution < 1.29 is 14.2 Å². The van der Waals surface area contributed by atoms with Gasteiger partial charge in [-0.2, -0.15) is 0 Å². The number of nitrogens with one attached hydrogen (secondary N) is 1. The van der Waals surface area contributed by atoms with Crippen LogP contribution in [0, 0.1) is 0 Å². The molecule has 3 rings (SSSR count).